The van der Waals surface area contributed by atoms with Crippen LogP contribution in [0.25, 0.3) is 0 Å². The minimum atomic E-state index is 0.284. The number of nitrogens with one attached hydrogen (secondary N) is 1. The molecule has 0 aliphatic rings. The molecule has 0 aliphatic heterocycles. The number of hydrogen-bond acceptors (Lipinski definition) is 2. The molecule has 1 unspecified atom stereocenters. The van der Waals surface area contributed by atoms with Gasteiger partial charge in [0.25, 0.3) is 0 Å². The van der Waals surface area contributed by atoms with Gasteiger partial charge in [-0.25, -0.2) is 0 Å². The molecule has 1 aromatic carbocycles. The molecule has 18 heavy (non-hydrogen) atoms. The lowest BCUT2D eigenvalue weighted by Gasteiger charge is -2.16. The first-order chi connectivity index (χ1) is 8.49. The first-order valence-electron chi connectivity index (χ1n) is 6.32. The second-order valence-electron chi connectivity index (χ2n) is 4.95. The molecule has 0 saturated heterocycles. The summed E-state index contributed by atoms with van der Waals surface area (Å²) in [6.45, 7) is 8.43. The topological polar surface area (TPSA) is 29.9 Å². The predicted molar refractivity (Wildman–Crippen MR) is 75.9 cm³/mol. The lowest BCUT2D eigenvalue weighted by molar-refractivity contribution is 0.731. The van der Waals surface area contributed by atoms with Gasteiger partial charge in [-0.15, -0.1) is 0 Å². The van der Waals surface area contributed by atoms with Crippen molar-refractivity contribution in [3.05, 3.63) is 46.8 Å². The number of hydrogen-bond donors (Lipinski definition) is 1. The summed E-state index contributed by atoms with van der Waals surface area (Å²) in [5.74, 6) is 0. The molecule has 0 bridgehead atoms. The van der Waals surface area contributed by atoms with Crippen molar-refractivity contribution in [2.24, 2.45) is 7.05 Å². The number of aryl methyl sites for hydroxylation is 3. The number of benzene rings is 1. The minimum absolute atomic E-state index is 0.284. The molecule has 3 nitrogen and oxygen atoms in total. The molecule has 0 fully saturated rings. The summed E-state index contributed by atoms with van der Waals surface area (Å²) >= 11 is 0. The highest BCUT2D eigenvalue weighted by molar-refractivity contribution is 5.53. The van der Waals surface area contributed by atoms with E-state index < -0.39 is 0 Å². The first kappa shape index (κ1) is 12.7. The van der Waals surface area contributed by atoms with E-state index in [1.807, 2.05) is 18.7 Å². The Morgan fingerprint density at radius 2 is 1.94 bits per heavy atom. The van der Waals surface area contributed by atoms with Gasteiger partial charge < -0.3 is 5.32 Å². The van der Waals surface area contributed by atoms with Crippen molar-refractivity contribution in [3.8, 4) is 0 Å². The van der Waals surface area contributed by atoms with Gasteiger partial charge in [-0.05, 0) is 33.3 Å². The lowest BCUT2D eigenvalue weighted by atomic mass is 10.1. The third kappa shape index (κ3) is 2.40. The van der Waals surface area contributed by atoms with E-state index in [0.717, 1.165) is 11.4 Å². The van der Waals surface area contributed by atoms with Crippen LogP contribution in [-0.4, -0.2) is 9.78 Å². The predicted octanol–water partition coefficient (Wildman–Crippen LogP) is 3.52. The zero-order valence-corrected chi connectivity index (χ0v) is 11.8. The van der Waals surface area contributed by atoms with Crippen molar-refractivity contribution in [1.29, 1.82) is 0 Å². The fourth-order valence-corrected chi connectivity index (χ4v) is 2.22. The maximum Gasteiger partial charge on any atom is 0.0828 e. The number of nitrogens with zero attached hydrogens (tertiary/aromatic N) is 2. The Bertz CT molecular complexity index is 555. The third-order valence-corrected chi connectivity index (χ3v) is 3.41. The Labute approximate surface area is 109 Å². The van der Waals surface area contributed by atoms with E-state index in [4.69, 9.17) is 0 Å². The van der Waals surface area contributed by atoms with Gasteiger partial charge in [-0.1, -0.05) is 29.8 Å². The summed E-state index contributed by atoms with van der Waals surface area (Å²) in [6.07, 6.45) is 0. The summed E-state index contributed by atoms with van der Waals surface area (Å²) in [5.41, 5.74) is 5.96. The fraction of sp³-hybridized carbons (Fsp3) is 0.400. The van der Waals surface area contributed by atoms with E-state index in [1.54, 1.807) is 0 Å². The monoisotopic (exact) mass is 243 g/mol. The summed E-state index contributed by atoms with van der Waals surface area (Å²) in [7, 11) is 1.98. The molecule has 1 atom stereocenters. The number of anilines is 1. The van der Waals surface area contributed by atoms with E-state index in [-0.39, 0.29) is 6.04 Å². The third-order valence-electron chi connectivity index (χ3n) is 3.41. The van der Waals surface area contributed by atoms with Crippen LogP contribution in [0.4, 0.5) is 5.69 Å². The van der Waals surface area contributed by atoms with Gasteiger partial charge >= 0.3 is 0 Å². The Morgan fingerprint density at radius 3 is 2.50 bits per heavy atom. The molecule has 3 heteroatoms. The summed E-state index contributed by atoms with van der Waals surface area (Å²) in [6, 6.07) is 8.89. The largest absolute Gasteiger partial charge is 0.376 e. The van der Waals surface area contributed by atoms with Gasteiger partial charge in [0.1, 0.15) is 0 Å². The second-order valence-corrected chi connectivity index (χ2v) is 4.95. The fourth-order valence-electron chi connectivity index (χ4n) is 2.22. The quantitative estimate of drug-likeness (QED) is 0.894. The maximum atomic E-state index is 4.43. The minimum Gasteiger partial charge on any atom is -0.376 e. The van der Waals surface area contributed by atoms with Crippen LogP contribution in [-0.2, 0) is 7.05 Å². The number of rotatable bonds is 3. The van der Waals surface area contributed by atoms with E-state index in [9.17, 15) is 0 Å². The van der Waals surface area contributed by atoms with Crippen molar-refractivity contribution in [2.75, 3.05) is 5.32 Å². The van der Waals surface area contributed by atoms with Crippen molar-refractivity contribution in [3.63, 3.8) is 0 Å². The van der Waals surface area contributed by atoms with Crippen LogP contribution in [0, 0.1) is 20.8 Å². The van der Waals surface area contributed by atoms with Crippen LogP contribution in [0.3, 0.4) is 0 Å². The van der Waals surface area contributed by atoms with Crippen LogP contribution in [0.2, 0.25) is 0 Å². The molecular formula is C15H21N3. The molecule has 2 rings (SSSR count). The molecular weight excluding hydrogens is 222 g/mol. The van der Waals surface area contributed by atoms with Gasteiger partial charge in [-0.3, -0.25) is 4.68 Å². The van der Waals surface area contributed by atoms with Gasteiger partial charge in [0.15, 0.2) is 0 Å². The van der Waals surface area contributed by atoms with Crippen LogP contribution in [0.5, 0.6) is 0 Å². The van der Waals surface area contributed by atoms with Crippen molar-refractivity contribution < 1.29 is 0 Å². The number of aromatic nitrogens is 2. The highest BCUT2D eigenvalue weighted by Crippen LogP contribution is 2.25. The maximum absolute atomic E-state index is 4.43. The van der Waals surface area contributed by atoms with E-state index in [2.05, 4.69) is 55.5 Å². The van der Waals surface area contributed by atoms with Gasteiger partial charge in [0.2, 0.25) is 0 Å². The van der Waals surface area contributed by atoms with E-state index in [0.29, 0.717) is 0 Å². The SMILES string of the molecule is Cc1cccc(C(C)Nc2c(C)nn(C)c2C)c1. The Kier molecular flexibility index (Phi) is 3.41. The van der Waals surface area contributed by atoms with Crippen LogP contribution < -0.4 is 5.32 Å². The van der Waals surface area contributed by atoms with E-state index >= 15 is 0 Å². The van der Waals surface area contributed by atoms with E-state index in [1.165, 1.54) is 16.8 Å². The standard InChI is InChI=1S/C15H21N3/c1-10-7-6-8-14(9-10)11(2)16-15-12(3)17-18(5)13(15)4/h6-9,11,16H,1-5H3. The zero-order valence-electron chi connectivity index (χ0n) is 11.8. The molecule has 0 saturated carbocycles. The van der Waals surface area contributed by atoms with Crippen molar-refractivity contribution >= 4 is 5.69 Å². The van der Waals surface area contributed by atoms with Crippen LogP contribution in [0.1, 0.15) is 35.5 Å². The zero-order chi connectivity index (χ0) is 13.3. The second kappa shape index (κ2) is 4.84. The smallest absolute Gasteiger partial charge is 0.0828 e. The Balaban J connectivity index is 2.24. The van der Waals surface area contributed by atoms with Crippen LogP contribution >= 0.6 is 0 Å². The van der Waals surface area contributed by atoms with Crippen molar-refractivity contribution in [2.45, 2.75) is 33.7 Å². The molecule has 1 heterocycles. The average molecular weight is 243 g/mol. The van der Waals surface area contributed by atoms with Gasteiger partial charge in [0, 0.05) is 13.1 Å². The summed E-state index contributed by atoms with van der Waals surface area (Å²) < 4.78 is 1.92. The first-order valence-corrected chi connectivity index (χ1v) is 6.32. The lowest BCUT2D eigenvalue weighted by Crippen LogP contribution is -2.08. The highest BCUT2D eigenvalue weighted by atomic mass is 15.3. The molecule has 1 N–H and O–H groups in total. The molecule has 1 aromatic heterocycles. The molecule has 2 aromatic rings. The van der Waals surface area contributed by atoms with Crippen LogP contribution in [0.15, 0.2) is 24.3 Å². The Hall–Kier alpha value is -1.77. The highest BCUT2D eigenvalue weighted by Gasteiger charge is 2.12. The molecule has 0 radical (unpaired) electrons. The normalized spacial score (nSPS) is 12.5. The average Bonchev–Trinajstić information content (AvgIpc) is 2.56. The molecule has 0 amide bonds. The summed E-state index contributed by atoms with van der Waals surface area (Å²) in [5, 5.41) is 7.99. The van der Waals surface area contributed by atoms with Gasteiger partial charge in [-0.2, -0.15) is 5.10 Å². The molecule has 96 valence electrons. The molecule has 0 aliphatic carbocycles. The van der Waals surface area contributed by atoms with Gasteiger partial charge in [0.05, 0.1) is 17.1 Å². The van der Waals surface area contributed by atoms with Crippen molar-refractivity contribution in [1.82, 2.24) is 9.78 Å². The Morgan fingerprint density at radius 1 is 1.22 bits per heavy atom. The summed E-state index contributed by atoms with van der Waals surface area (Å²) in [4.78, 5) is 0. The molecule has 0 spiro atoms.